The number of carboxylic acids is 1. The average Bonchev–Trinajstić information content (AvgIpc) is 2.57. The van der Waals surface area contributed by atoms with Gasteiger partial charge in [-0.3, -0.25) is 19.2 Å². The van der Waals surface area contributed by atoms with E-state index >= 15 is 0 Å². The van der Waals surface area contributed by atoms with Gasteiger partial charge in [-0.25, -0.2) is 4.79 Å². The molecule has 0 saturated heterocycles. The molecular formula is C17H28N2O8. The summed E-state index contributed by atoms with van der Waals surface area (Å²) in [5.74, 6) is -7.23. The van der Waals surface area contributed by atoms with Gasteiger partial charge in [-0.2, -0.15) is 0 Å². The summed E-state index contributed by atoms with van der Waals surface area (Å²) in [6.45, 7) is 6.23. The van der Waals surface area contributed by atoms with Gasteiger partial charge in [0.2, 0.25) is 11.8 Å². The van der Waals surface area contributed by atoms with Crippen LogP contribution in [0.5, 0.6) is 0 Å². The van der Waals surface area contributed by atoms with Gasteiger partial charge < -0.3 is 25.2 Å². The van der Waals surface area contributed by atoms with Crippen molar-refractivity contribution in [3.05, 3.63) is 0 Å². The van der Waals surface area contributed by atoms with E-state index in [1.807, 2.05) is 13.8 Å². The third-order valence-electron chi connectivity index (χ3n) is 3.93. The number of rotatable bonds is 10. The number of methoxy groups -OCH3 is 2. The van der Waals surface area contributed by atoms with E-state index in [2.05, 4.69) is 20.1 Å². The molecule has 0 aromatic heterocycles. The highest BCUT2D eigenvalue weighted by atomic mass is 16.5. The van der Waals surface area contributed by atoms with Crippen LogP contribution in [0.15, 0.2) is 0 Å². The largest absolute Gasteiger partial charge is 0.480 e. The molecule has 0 aliphatic heterocycles. The Morgan fingerprint density at radius 1 is 0.926 bits per heavy atom. The maximum absolute atomic E-state index is 12.5. The third-order valence-corrected chi connectivity index (χ3v) is 3.93. The lowest BCUT2D eigenvalue weighted by Crippen LogP contribution is -2.55. The van der Waals surface area contributed by atoms with Crippen molar-refractivity contribution in [1.29, 1.82) is 0 Å². The molecule has 0 aromatic rings. The number of esters is 2. The minimum absolute atomic E-state index is 0.0474. The molecule has 10 nitrogen and oxygen atoms in total. The predicted molar refractivity (Wildman–Crippen MR) is 93.3 cm³/mol. The van der Waals surface area contributed by atoms with Crippen molar-refractivity contribution in [2.24, 2.45) is 17.8 Å². The van der Waals surface area contributed by atoms with Gasteiger partial charge in [0.05, 0.1) is 14.2 Å². The highest BCUT2D eigenvalue weighted by molar-refractivity contribution is 5.96. The van der Waals surface area contributed by atoms with Crippen molar-refractivity contribution in [3.8, 4) is 0 Å². The number of carbonyl (C=O) groups excluding carboxylic acids is 4. The first-order valence-electron chi connectivity index (χ1n) is 8.42. The van der Waals surface area contributed by atoms with Crippen molar-refractivity contribution in [2.75, 3.05) is 14.2 Å². The van der Waals surface area contributed by atoms with Crippen LogP contribution in [-0.4, -0.2) is 61.1 Å². The number of aliphatic carboxylic acids is 1. The van der Waals surface area contributed by atoms with Gasteiger partial charge in [-0.05, 0) is 12.3 Å². The zero-order valence-electron chi connectivity index (χ0n) is 16.4. The Morgan fingerprint density at radius 2 is 1.41 bits per heavy atom. The Balaban J connectivity index is 5.59. The molecule has 0 saturated carbocycles. The summed E-state index contributed by atoms with van der Waals surface area (Å²) in [7, 11) is 2.10. The van der Waals surface area contributed by atoms with Crippen LogP contribution in [0.1, 0.15) is 34.1 Å². The Kier molecular flexibility index (Phi) is 10.1. The minimum Gasteiger partial charge on any atom is -0.480 e. The minimum atomic E-state index is -1.58. The molecule has 0 aliphatic carbocycles. The Bertz CT molecular complexity index is 559. The number of hydrogen-bond donors (Lipinski definition) is 3. The second-order valence-electron chi connectivity index (χ2n) is 6.59. The fraction of sp³-hybridized carbons (Fsp3) is 0.706. The van der Waals surface area contributed by atoms with Gasteiger partial charge in [0.25, 0.3) is 0 Å². The van der Waals surface area contributed by atoms with Gasteiger partial charge in [-0.1, -0.05) is 20.8 Å². The van der Waals surface area contributed by atoms with E-state index in [1.165, 1.54) is 13.8 Å². The van der Waals surface area contributed by atoms with Gasteiger partial charge >= 0.3 is 17.9 Å². The van der Waals surface area contributed by atoms with Crippen molar-refractivity contribution in [2.45, 2.75) is 46.2 Å². The van der Waals surface area contributed by atoms with Crippen LogP contribution in [-0.2, 0) is 33.4 Å². The lowest BCUT2D eigenvalue weighted by Gasteiger charge is -2.28. The quantitative estimate of drug-likeness (QED) is 0.341. The van der Waals surface area contributed by atoms with E-state index in [0.29, 0.717) is 0 Å². The summed E-state index contributed by atoms with van der Waals surface area (Å²) in [6.07, 6.45) is 0.281. The Labute approximate surface area is 158 Å². The van der Waals surface area contributed by atoms with E-state index in [-0.39, 0.29) is 12.3 Å². The molecule has 0 aromatic carbocycles. The summed E-state index contributed by atoms with van der Waals surface area (Å²) in [6, 6.07) is -2.53. The Hall–Kier alpha value is -2.65. The van der Waals surface area contributed by atoms with E-state index < -0.39 is 53.6 Å². The number of carbonyl (C=O) groups is 5. The van der Waals surface area contributed by atoms with E-state index in [0.717, 1.165) is 14.2 Å². The van der Waals surface area contributed by atoms with Crippen LogP contribution in [0.2, 0.25) is 0 Å². The summed E-state index contributed by atoms with van der Waals surface area (Å²) >= 11 is 0. The maximum atomic E-state index is 12.5. The molecule has 0 unspecified atom stereocenters. The zero-order chi connectivity index (χ0) is 21.3. The normalized spacial score (nSPS) is 14.1. The molecule has 0 fully saturated rings. The first-order chi connectivity index (χ1) is 12.5. The van der Waals surface area contributed by atoms with E-state index in [4.69, 9.17) is 0 Å². The van der Waals surface area contributed by atoms with Crippen molar-refractivity contribution >= 4 is 29.7 Å². The van der Waals surface area contributed by atoms with Crippen LogP contribution < -0.4 is 10.6 Å². The number of hydrogen-bond acceptors (Lipinski definition) is 7. The van der Waals surface area contributed by atoms with Crippen molar-refractivity contribution in [3.63, 3.8) is 0 Å². The molecule has 0 bridgehead atoms. The number of nitrogens with one attached hydrogen (secondary N) is 2. The molecule has 3 N–H and O–H groups in total. The first-order valence-corrected chi connectivity index (χ1v) is 8.42. The second-order valence-corrected chi connectivity index (χ2v) is 6.59. The monoisotopic (exact) mass is 388 g/mol. The lowest BCUT2D eigenvalue weighted by atomic mass is 9.87. The number of carboxylic acid groups (broad SMARTS) is 1. The van der Waals surface area contributed by atoms with Crippen LogP contribution in [0.25, 0.3) is 0 Å². The topological polar surface area (TPSA) is 148 Å². The molecular weight excluding hydrogens is 360 g/mol. The zero-order valence-corrected chi connectivity index (χ0v) is 16.4. The average molecular weight is 388 g/mol. The molecule has 27 heavy (non-hydrogen) atoms. The summed E-state index contributed by atoms with van der Waals surface area (Å²) in [5, 5.41) is 14.3. The molecule has 0 radical (unpaired) electrons. The van der Waals surface area contributed by atoms with Crippen LogP contribution >= 0.6 is 0 Å². The van der Waals surface area contributed by atoms with Gasteiger partial charge in [0.1, 0.15) is 12.1 Å². The summed E-state index contributed by atoms with van der Waals surface area (Å²) < 4.78 is 9.08. The van der Waals surface area contributed by atoms with Crippen molar-refractivity contribution in [1.82, 2.24) is 10.6 Å². The Morgan fingerprint density at radius 3 is 1.74 bits per heavy atom. The fourth-order valence-corrected chi connectivity index (χ4v) is 2.59. The van der Waals surface area contributed by atoms with Gasteiger partial charge in [0, 0.05) is 12.8 Å². The standard InChI is InChI=1S/C17H28N2O8/c1-8(2)7-11(18-10(4)20)14(21)19-13(15(22)23)9(3)12(16(24)26-5)17(25)27-6/h8-9,11-13H,7H2,1-6H3,(H,18,20)(H,19,21)(H,22,23)/t9-,11-,13-/m0/s1. The van der Waals surface area contributed by atoms with Crippen LogP contribution in [0, 0.1) is 17.8 Å². The number of amides is 2. The third kappa shape index (κ3) is 7.63. The molecule has 154 valence electrons. The molecule has 2 amide bonds. The fourth-order valence-electron chi connectivity index (χ4n) is 2.59. The smallest absolute Gasteiger partial charge is 0.326 e. The SMILES string of the molecule is COC(=O)C(C(=O)OC)[C@H](C)[C@H](NC(=O)[C@H](CC(C)C)NC(C)=O)C(=O)O. The van der Waals surface area contributed by atoms with E-state index in [9.17, 15) is 29.1 Å². The first kappa shape index (κ1) is 24.4. The molecule has 0 heterocycles. The van der Waals surface area contributed by atoms with Crippen LogP contribution in [0.4, 0.5) is 0 Å². The molecule has 0 aliphatic rings. The highest BCUT2D eigenvalue weighted by Gasteiger charge is 2.42. The van der Waals surface area contributed by atoms with Gasteiger partial charge in [0.15, 0.2) is 5.92 Å². The predicted octanol–water partition coefficient (Wildman–Crippen LogP) is -0.295. The van der Waals surface area contributed by atoms with E-state index in [1.54, 1.807) is 0 Å². The molecule has 0 spiro atoms. The number of ether oxygens (including phenoxy) is 2. The molecule has 0 rings (SSSR count). The molecule has 10 heteroatoms. The van der Waals surface area contributed by atoms with Gasteiger partial charge in [-0.15, -0.1) is 0 Å². The second kappa shape index (κ2) is 11.1. The van der Waals surface area contributed by atoms with Crippen molar-refractivity contribution < 1.29 is 38.6 Å². The molecule has 3 atom stereocenters. The maximum Gasteiger partial charge on any atom is 0.326 e. The summed E-state index contributed by atoms with van der Waals surface area (Å²) in [4.78, 5) is 59.3. The summed E-state index contributed by atoms with van der Waals surface area (Å²) in [5.41, 5.74) is 0. The lowest BCUT2D eigenvalue weighted by molar-refractivity contribution is -0.163. The van der Waals surface area contributed by atoms with Crippen LogP contribution in [0.3, 0.4) is 0 Å². The highest BCUT2D eigenvalue weighted by Crippen LogP contribution is 2.20.